The van der Waals surface area contributed by atoms with Gasteiger partial charge in [-0.2, -0.15) is 0 Å². The highest BCUT2D eigenvalue weighted by Crippen LogP contribution is 2.25. The fourth-order valence-electron chi connectivity index (χ4n) is 2.78. The van der Waals surface area contributed by atoms with Gasteiger partial charge in [0.15, 0.2) is 5.76 Å². The minimum Gasteiger partial charge on any atom is -0.459 e. The smallest absolute Gasteiger partial charge is 0.290 e. The van der Waals surface area contributed by atoms with Crippen molar-refractivity contribution in [2.45, 2.75) is 17.2 Å². The van der Waals surface area contributed by atoms with Crippen LogP contribution in [0.5, 0.6) is 0 Å². The Hall–Kier alpha value is -2.84. The molecule has 4 rings (SSSR count). The lowest BCUT2D eigenvalue weighted by molar-refractivity contribution is 0.0748. The molecule has 6 nitrogen and oxygen atoms in total. The molecule has 8 heteroatoms. The summed E-state index contributed by atoms with van der Waals surface area (Å²) in [5.74, 6) is 1.14. The summed E-state index contributed by atoms with van der Waals surface area (Å²) >= 11 is 2.99. The van der Waals surface area contributed by atoms with E-state index in [2.05, 4.69) is 9.97 Å². The minimum atomic E-state index is -0.248. The Morgan fingerprint density at radius 1 is 1.25 bits per heavy atom. The predicted octanol–water partition coefficient (Wildman–Crippen LogP) is 4.14. The van der Waals surface area contributed by atoms with E-state index in [0.717, 1.165) is 10.5 Å². The van der Waals surface area contributed by atoms with Crippen molar-refractivity contribution in [2.75, 3.05) is 7.05 Å². The molecule has 1 aromatic carbocycles. The summed E-state index contributed by atoms with van der Waals surface area (Å²) in [6.45, 7) is 0.186. The number of carbonyl (C=O) groups is 1. The first kappa shape index (κ1) is 18.5. The number of hydrogen-bond donors (Lipinski definition) is 1. The maximum Gasteiger partial charge on any atom is 0.290 e. The molecule has 1 amide bonds. The van der Waals surface area contributed by atoms with Gasteiger partial charge in [-0.15, -0.1) is 23.1 Å². The predicted molar refractivity (Wildman–Crippen MR) is 111 cm³/mol. The van der Waals surface area contributed by atoms with E-state index < -0.39 is 0 Å². The van der Waals surface area contributed by atoms with Gasteiger partial charge in [-0.3, -0.25) is 9.59 Å². The lowest BCUT2D eigenvalue weighted by atomic mass is 10.2. The SMILES string of the molecule is CN(Cc1nc2ccsc2c(=O)[nH]1)C(=O)c1occc1CSc1ccccc1. The van der Waals surface area contributed by atoms with E-state index in [0.29, 0.717) is 27.6 Å². The summed E-state index contributed by atoms with van der Waals surface area (Å²) in [5.41, 5.74) is 1.29. The number of aromatic amines is 1. The van der Waals surface area contributed by atoms with Crippen LogP contribution in [0.3, 0.4) is 0 Å². The Labute approximate surface area is 169 Å². The summed E-state index contributed by atoms with van der Waals surface area (Å²) < 4.78 is 6.05. The molecule has 0 aliphatic heterocycles. The van der Waals surface area contributed by atoms with Gasteiger partial charge in [0, 0.05) is 23.3 Å². The van der Waals surface area contributed by atoms with E-state index in [1.54, 1.807) is 24.9 Å². The van der Waals surface area contributed by atoms with Gasteiger partial charge in [-0.05, 0) is 29.6 Å². The quantitative estimate of drug-likeness (QED) is 0.482. The van der Waals surface area contributed by atoms with Crippen LogP contribution in [0.2, 0.25) is 0 Å². The number of aromatic nitrogens is 2. The number of H-pyrrole nitrogens is 1. The van der Waals surface area contributed by atoms with Crippen LogP contribution >= 0.6 is 23.1 Å². The Balaban J connectivity index is 1.48. The van der Waals surface area contributed by atoms with E-state index in [1.807, 2.05) is 41.8 Å². The van der Waals surface area contributed by atoms with Crippen molar-refractivity contribution in [3.05, 3.63) is 81.6 Å². The zero-order valence-electron chi connectivity index (χ0n) is 15.0. The second-order valence-electron chi connectivity index (χ2n) is 6.19. The molecule has 3 heterocycles. The van der Waals surface area contributed by atoms with Gasteiger partial charge in [-0.1, -0.05) is 18.2 Å². The van der Waals surface area contributed by atoms with Gasteiger partial charge in [-0.25, -0.2) is 4.98 Å². The molecule has 0 unspecified atom stereocenters. The van der Waals surface area contributed by atoms with Gasteiger partial charge in [0.05, 0.1) is 18.3 Å². The second-order valence-corrected chi connectivity index (χ2v) is 8.15. The minimum absolute atomic E-state index is 0.186. The highest BCUT2D eigenvalue weighted by Gasteiger charge is 2.20. The third kappa shape index (κ3) is 3.88. The molecule has 0 bridgehead atoms. The average molecular weight is 412 g/mol. The van der Waals surface area contributed by atoms with Crippen LogP contribution in [0.4, 0.5) is 0 Å². The summed E-state index contributed by atoms with van der Waals surface area (Å²) in [6.07, 6.45) is 1.53. The third-order valence-corrected chi connectivity index (χ3v) is 6.14. The van der Waals surface area contributed by atoms with Crippen LogP contribution in [0.15, 0.2) is 68.2 Å². The van der Waals surface area contributed by atoms with Crippen molar-refractivity contribution in [3.63, 3.8) is 0 Å². The van der Waals surface area contributed by atoms with Crippen LogP contribution in [0, 0.1) is 0 Å². The van der Waals surface area contributed by atoms with Crippen molar-refractivity contribution in [3.8, 4) is 0 Å². The lowest BCUT2D eigenvalue weighted by Crippen LogP contribution is -2.28. The molecule has 3 aromatic heterocycles. The van der Waals surface area contributed by atoms with Gasteiger partial charge in [0.2, 0.25) is 0 Å². The number of thiophene rings is 1. The maximum absolute atomic E-state index is 12.8. The molecule has 0 saturated carbocycles. The van der Waals surface area contributed by atoms with E-state index in [-0.39, 0.29) is 18.0 Å². The number of amides is 1. The van der Waals surface area contributed by atoms with Gasteiger partial charge >= 0.3 is 0 Å². The Bertz CT molecular complexity index is 1160. The molecule has 28 heavy (non-hydrogen) atoms. The number of carbonyl (C=O) groups excluding carboxylic acids is 1. The monoisotopic (exact) mass is 411 g/mol. The number of thioether (sulfide) groups is 1. The summed E-state index contributed by atoms with van der Waals surface area (Å²) in [4.78, 5) is 34.7. The Kier molecular flexibility index (Phi) is 5.31. The number of nitrogens with zero attached hydrogens (tertiary/aromatic N) is 2. The number of fused-ring (bicyclic) bond motifs is 1. The topological polar surface area (TPSA) is 79.2 Å². The fourth-order valence-corrected chi connectivity index (χ4v) is 4.41. The number of furan rings is 1. The zero-order valence-corrected chi connectivity index (χ0v) is 16.7. The van der Waals surface area contributed by atoms with Crippen molar-refractivity contribution < 1.29 is 9.21 Å². The highest BCUT2D eigenvalue weighted by atomic mass is 32.2. The van der Waals surface area contributed by atoms with Crippen molar-refractivity contribution >= 4 is 39.2 Å². The molecule has 0 atom stereocenters. The molecule has 0 aliphatic rings. The van der Waals surface area contributed by atoms with Crippen LogP contribution < -0.4 is 5.56 Å². The zero-order chi connectivity index (χ0) is 19.5. The molecule has 0 aliphatic carbocycles. The maximum atomic E-state index is 12.8. The van der Waals surface area contributed by atoms with Crippen LogP contribution in [0.1, 0.15) is 21.9 Å². The molecule has 1 N–H and O–H groups in total. The van der Waals surface area contributed by atoms with Crippen LogP contribution in [-0.2, 0) is 12.3 Å². The number of nitrogens with one attached hydrogen (secondary N) is 1. The first-order valence-corrected chi connectivity index (χ1v) is 10.4. The molecular weight excluding hydrogens is 394 g/mol. The van der Waals surface area contributed by atoms with E-state index in [9.17, 15) is 9.59 Å². The third-order valence-electron chi connectivity index (χ3n) is 4.18. The van der Waals surface area contributed by atoms with E-state index in [4.69, 9.17) is 4.42 Å². The largest absolute Gasteiger partial charge is 0.459 e. The molecule has 0 spiro atoms. The van der Waals surface area contributed by atoms with Crippen molar-refractivity contribution in [2.24, 2.45) is 0 Å². The van der Waals surface area contributed by atoms with Crippen molar-refractivity contribution in [1.82, 2.24) is 14.9 Å². The number of hydrogen-bond acceptors (Lipinski definition) is 6. The van der Waals surface area contributed by atoms with E-state index in [1.165, 1.54) is 22.5 Å². The summed E-state index contributed by atoms with van der Waals surface area (Å²) in [6, 6.07) is 13.6. The lowest BCUT2D eigenvalue weighted by Gasteiger charge is -2.16. The van der Waals surface area contributed by atoms with Crippen molar-refractivity contribution in [1.29, 1.82) is 0 Å². The molecule has 0 radical (unpaired) electrons. The normalized spacial score (nSPS) is 11.0. The van der Waals surface area contributed by atoms with Gasteiger partial charge < -0.3 is 14.3 Å². The first-order chi connectivity index (χ1) is 13.6. The average Bonchev–Trinajstić information content (AvgIpc) is 3.36. The molecular formula is C20H17N3O3S2. The number of rotatable bonds is 6. The fraction of sp³-hybridized carbons (Fsp3) is 0.150. The molecule has 0 saturated heterocycles. The first-order valence-electron chi connectivity index (χ1n) is 8.58. The Morgan fingerprint density at radius 2 is 2.07 bits per heavy atom. The second kappa shape index (κ2) is 8.04. The molecule has 4 aromatic rings. The molecule has 142 valence electrons. The van der Waals surface area contributed by atoms with Crippen LogP contribution in [-0.4, -0.2) is 27.8 Å². The molecule has 0 fully saturated rings. The van der Waals surface area contributed by atoms with Gasteiger partial charge in [0.1, 0.15) is 10.5 Å². The summed E-state index contributed by atoms with van der Waals surface area (Å²) in [7, 11) is 1.66. The standard InChI is InChI=1S/C20H17N3O3S2/c1-23(11-16-21-15-8-10-27-18(15)19(24)22-16)20(25)17-13(7-9-26-17)12-28-14-5-3-2-4-6-14/h2-10H,11-12H2,1H3,(H,21,22,24). The summed E-state index contributed by atoms with van der Waals surface area (Å²) in [5, 5.41) is 1.82. The highest BCUT2D eigenvalue weighted by molar-refractivity contribution is 7.98. The Morgan fingerprint density at radius 3 is 2.89 bits per heavy atom. The van der Waals surface area contributed by atoms with Crippen LogP contribution in [0.25, 0.3) is 10.2 Å². The van der Waals surface area contributed by atoms with Gasteiger partial charge in [0.25, 0.3) is 11.5 Å². The van der Waals surface area contributed by atoms with E-state index >= 15 is 0 Å². The number of benzene rings is 1.